The van der Waals surface area contributed by atoms with Gasteiger partial charge in [0.1, 0.15) is 11.5 Å². The minimum Gasteiger partial charge on any atom is -0.463 e. The lowest BCUT2D eigenvalue weighted by Gasteiger charge is -2.41. The molecule has 2 heterocycles. The maximum atomic E-state index is 5.75. The van der Waals surface area contributed by atoms with Crippen LogP contribution in [0.5, 0.6) is 0 Å². The molecule has 0 radical (unpaired) electrons. The number of nitrogens with zero attached hydrogens (tertiary/aromatic N) is 1. The Bertz CT molecular complexity index is 385. The topological polar surface area (TPSA) is 51.6 Å². The molecule has 1 aliphatic rings. The van der Waals surface area contributed by atoms with E-state index >= 15 is 0 Å². The van der Waals surface area contributed by atoms with Crippen molar-refractivity contribution in [1.29, 1.82) is 0 Å². The van der Waals surface area contributed by atoms with Crippen molar-refractivity contribution in [3.8, 4) is 0 Å². The van der Waals surface area contributed by atoms with Gasteiger partial charge >= 0.3 is 0 Å². The van der Waals surface area contributed by atoms with Crippen molar-refractivity contribution in [2.75, 3.05) is 19.8 Å². The van der Waals surface area contributed by atoms with Crippen molar-refractivity contribution in [2.24, 2.45) is 5.73 Å². The minimum absolute atomic E-state index is 0.0713. The van der Waals surface area contributed by atoms with E-state index in [4.69, 9.17) is 14.9 Å². The van der Waals surface area contributed by atoms with E-state index < -0.39 is 0 Å². The van der Waals surface area contributed by atoms with Gasteiger partial charge in [0.05, 0.1) is 26.3 Å². The largest absolute Gasteiger partial charge is 0.463 e. The first-order valence-electron chi connectivity index (χ1n) is 6.14. The Labute approximate surface area is 103 Å². The molecule has 1 saturated heterocycles. The molecule has 4 heteroatoms. The van der Waals surface area contributed by atoms with Gasteiger partial charge in [0.2, 0.25) is 0 Å². The van der Waals surface area contributed by atoms with Crippen LogP contribution in [-0.4, -0.2) is 30.2 Å². The molecule has 1 fully saturated rings. The smallest absolute Gasteiger partial charge is 0.120 e. The van der Waals surface area contributed by atoms with Crippen LogP contribution in [0.15, 0.2) is 10.5 Å². The molecule has 0 aliphatic carbocycles. The molecule has 1 aromatic rings. The molecule has 1 aliphatic heterocycles. The molecule has 1 aromatic heterocycles. The number of aryl methyl sites for hydroxylation is 1. The molecule has 96 valence electrons. The molecule has 0 aromatic carbocycles. The van der Waals surface area contributed by atoms with Crippen molar-refractivity contribution < 1.29 is 9.15 Å². The Morgan fingerprint density at radius 1 is 1.47 bits per heavy atom. The number of nitrogens with two attached hydrogens (primary N) is 1. The lowest BCUT2D eigenvalue weighted by Crippen LogP contribution is -2.52. The van der Waals surface area contributed by atoms with Crippen LogP contribution >= 0.6 is 0 Å². The van der Waals surface area contributed by atoms with Crippen LogP contribution in [0.25, 0.3) is 0 Å². The van der Waals surface area contributed by atoms with Crippen molar-refractivity contribution >= 4 is 0 Å². The van der Waals surface area contributed by atoms with Gasteiger partial charge in [0.25, 0.3) is 0 Å². The standard InChI is InChI=1S/C13H22N2O2/c1-10-6-11(17-12(10)7-14)8-15-4-5-16-9-13(15,2)3/h6H,4-5,7-9,14H2,1-3H3. The second kappa shape index (κ2) is 4.80. The first-order valence-corrected chi connectivity index (χ1v) is 6.14. The number of hydrogen-bond donors (Lipinski definition) is 1. The SMILES string of the molecule is Cc1cc(CN2CCOCC2(C)C)oc1CN. The lowest BCUT2D eigenvalue weighted by molar-refractivity contribution is -0.0578. The Kier molecular flexibility index (Phi) is 3.56. The Balaban J connectivity index is 2.08. The third-order valence-corrected chi connectivity index (χ3v) is 3.42. The Morgan fingerprint density at radius 2 is 2.24 bits per heavy atom. The molecule has 17 heavy (non-hydrogen) atoms. The second-order valence-corrected chi connectivity index (χ2v) is 5.31. The predicted molar refractivity (Wildman–Crippen MR) is 66.6 cm³/mol. The van der Waals surface area contributed by atoms with Crippen LogP contribution in [0, 0.1) is 6.92 Å². The van der Waals surface area contributed by atoms with E-state index in [0.717, 1.165) is 43.4 Å². The van der Waals surface area contributed by atoms with Crippen LogP contribution < -0.4 is 5.73 Å². The highest BCUT2D eigenvalue weighted by atomic mass is 16.5. The van der Waals surface area contributed by atoms with E-state index in [1.165, 1.54) is 0 Å². The van der Waals surface area contributed by atoms with Crippen molar-refractivity contribution in [1.82, 2.24) is 4.90 Å². The first kappa shape index (κ1) is 12.6. The molecule has 4 nitrogen and oxygen atoms in total. The maximum Gasteiger partial charge on any atom is 0.120 e. The highest BCUT2D eigenvalue weighted by Gasteiger charge is 2.31. The van der Waals surface area contributed by atoms with Crippen molar-refractivity contribution in [2.45, 2.75) is 39.4 Å². The average molecular weight is 238 g/mol. The summed E-state index contributed by atoms with van der Waals surface area (Å²) in [6, 6.07) is 2.09. The molecular formula is C13H22N2O2. The summed E-state index contributed by atoms with van der Waals surface area (Å²) in [6.45, 7) is 10.3. The fourth-order valence-corrected chi connectivity index (χ4v) is 2.24. The fourth-order valence-electron chi connectivity index (χ4n) is 2.24. The number of ether oxygens (including phenoxy) is 1. The highest BCUT2D eigenvalue weighted by molar-refractivity contribution is 5.20. The summed E-state index contributed by atoms with van der Waals surface area (Å²) in [4.78, 5) is 2.40. The molecule has 0 spiro atoms. The van der Waals surface area contributed by atoms with Gasteiger partial charge in [-0.1, -0.05) is 0 Å². The summed E-state index contributed by atoms with van der Waals surface area (Å²) in [6.07, 6.45) is 0. The highest BCUT2D eigenvalue weighted by Crippen LogP contribution is 2.23. The van der Waals surface area contributed by atoms with Crippen LogP contribution in [0.3, 0.4) is 0 Å². The summed E-state index contributed by atoms with van der Waals surface area (Å²) in [5.74, 6) is 1.89. The van der Waals surface area contributed by atoms with Gasteiger partial charge in [0, 0.05) is 12.1 Å². The van der Waals surface area contributed by atoms with E-state index in [1.54, 1.807) is 0 Å². The number of furan rings is 1. The van der Waals surface area contributed by atoms with Gasteiger partial charge in [-0.3, -0.25) is 4.90 Å². The summed E-state index contributed by atoms with van der Waals surface area (Å²) in [5, 5.41) is 0. The summed E-state index contributed by atoms with van der Waals surface area (Å²) in [7, 11) is 0. The first-order chi connectivity index (χ1) is 8.03. The minimum atomic E-state index is 0.0713. The van der Waals surface area contributed by atoms with Gasteiger partial charge in [-0.15, -0.1) is 0 Å². The molecule has 0 amide bonds. The molecule has 0 saturated carbocycles. The number of rotatable bonds is 3. The van der Waals surface area contributed by atoms with Gasteiger partial charge in [0.15, 0.2) is 0 Å². The normalized spacial score (nSPS) is 20.7. The zero-order chi connectivity index (χ0) is 12.5. The lowest BCUT2D eigenvalue weighted by atomic mass is 10.0. The zero-order valence-electron chi connectivity index (χ0n) is 11.0. The van der Waals surface area contributed by atoms with Gasteiger partial charge in [-0.05, 0) is 32.4 Å². The summed E-state index contributed by atoms with van der Waals surface area (Å²) < 4.78 is 11.3. The average Bonchev–Trinajstić information content (AvgIpc) is 2.62. The van der Waals surface area contributed by atoms with Crippen LogP contribution in [0.4, 0.5) is 0 Å². The maximum absolute atomic E-state index is 5.75. The zero-order valence-corrected chi connectivity index (χ0v) is 11.0. The van der Waals surface area contributed by atoms with Crippen molar-refractivity contribution in [3.63, 3.8) is 0 Å². The van der Waals surface area contributed by atoms with E-state index in [0.29, 0.717) is 6.54 Å². The van der Waals surface area contributed by atoms with E-state index in [9.17, 15) is 0 Å². The van der Waals surface area contributed by atoms with Gasteiger partial charge in [-0.25, -0.2) is 0 Å². The van der Waals surface area contributed by atoms with Crippen molar-refractivity contribution in [3.05, 3.63) is 23.2 Å². The van der Waals surface area contributed by atoms with Crippen LogP contribution in [0.2, 0.25) is 0 Å². The van der Waals surface area contributed by atoms with E-state index in [2.05, 4.69) is 24.8 Å². The summed E-state index contributed by atoms with van der Waals surface area (Å²) in [5.41, 5.74) is 6.84. The molecule has 2 N–H and O–H groups in total. The molecule has 0 atom stereocenters. The summed E-state index contributed by atoms with van der Waals surface area (Å²) >= 11 is 0. The number of morpholine rings is 1. The molecule has 0 bridgehead atoms. The van der Waals surface area contributed by atoms with Gasteiger partial charge < -0.3 is 14.9 Å². The van der Waals surface area contributed by atoms with E-state index in [-0.39, 0.29) is 5.54 Å². The molecular weight excluding hydrogens is 216 g/mol. The Hall–Kier alpha value is -0.840. The quantitative estimate of drug-likeness (QED) is 0.870. The monoisotopic (exact) mass is 238 g/mol. The van der Waals surface area contributed by atoms with E-state index in [1.807, 2.05) is 6.92 Å². The second-order valence-electron chi connectivity index (χ2n) is 5.31. The fraction of sp³-hybridized carbons (Fsp3) is 0.692. The van der Waals surface area contributed by atoms with Crippen LogP contribution in [0.1, 0.15) is 30.9 Å². The predicted octanol–water partition coefficient (Wildman–Crippen LogP) is 1.66. The number of hydrogen-bond acceptors (Lipinski definition) is 4. The van der Waals surface area contributed by atoms with Crippen LogP contribution in [-0.2, 0) is 17.8 Å². The molecule has 0 unspecified atom stereocenters. The molecule has 2 rings (SSSR count). The Morgan fingerprint density at radius 3 is 2.82 bits per heavy atom. The third kappa shape index (κ3) is 2.70. The third-order valence-electron chi connectivity index (χ3n) is 3.42. The van der Waals surface area contributed by atoms with Gasteiger partial charge in [-0.2, -0.15) is 0 Å².